The number of hydrogen-bond acceptors (Lipinski definition) is 7. The van der Waals surface area contributed by atoms with Crippen molar-refractivity contribution in [2.45, 2.75) is 25.8 Å². The first-order valence-electron chi connectivity index (χ1n) is 7.05. The summed E-state index contributed by atoms with van der Waals surface area (Å²) >= 11 is 1.70. The van der Waals surface area contributed by atoms with Crippen molar-refractivity contribution in [3.05, 3.63) is 23.3 Å². The molecule has 0 unspecified atom stereocenters. The van der Waals surface area contributed by atoms with E-state index in [9.17, 15) is 0 Å². The number of anilines is 2. The molecule has 21 heavy (non-hydrogen) atoms. The molecule has 1 saturated heterocycles. The van der Waals surface area contributed by atoms with E-state index in [2.05, 4.69) is 25.2 Å². The highest BCUT2D eigenvalue weighted by molar-refractivity contribution is 7.13. The SMILES string of the molecule is COc1nc(C)cc(NC2CCN(c3nccs3)CC2)n1. The molecule has 0 bridgehead atoms. The van der Waals surface area contributed by atoms with E-state index < -0.39 is 0 Å². The second-order valence-corrected chi connectivity index (χ2v) is 5.97. The van der Waals surface area contributed by atoms with Crippen LogP contribution in [0.1, 0.15) is 18.5 Å². The van der Waals surface area contributed by atoms with Crippen molar-refractivity contribution in [3.63, 3.8) is 0 Å². The molecule has 1 N–H and O–H groups in total. The van der Waals surface area contributed by atoms with Gasteiger partial charge >= 0.3 is 6.01 Å². The molecule has 2 aromatic rings. The van der Waals surface area contributed by atoms with Crippen LogP contribution in [-0.2, 0) is 0 Å². The van der Waals surface area contributed by atoms with E-state index in [0.29, 0.717) is 12.1 Å². The Bertz CT molecular complexity index is 581. The van der Waals surface area contributed by atoms with Gasteiger partial charge in [0.05, 0.1) is 7.11 Å². The van der Waals surface area contributed by atoms with Crippen LogP contribution in [0.4, 0.5) is 10.9 Å². The summed E-state index contributed by atoms with van der Waals surface area (Å²) in [5.41, 5.74) is 0.907. The number of piperidine rings is 1. The number of ether oxygens (including phenoxy) is 1. The molecule has 0 saturated carbocycles. The number of hydrogen-bond donors (Lipinski definition) is 1. The number of aromatic nitrogens is 3. The zero-order valence-electron chi connectivity index (χ0n) is 12.2. The van der Waals surface area contributed by atoms with Crippen LogP contribution >= 0.6 is 11.3 Å². The van der Waals surface area contributed by atoms with Gasteiger partial charge in [-0.15, -0.1) is 11.3 Å². The predicted octanol–water partition coefficient (Wildman–Crippen LogP) is 2.33. The van der Waals surface area contributed by atoms with Crippen molar-refractivity contribution in [3.8, 4) is 6.01 Å². The Hall–Kier alpha value is -1.89. The van der Waals surface area contributed by atoms with Crippen LogP contribution in [0.2, 0.25) is 0 Å². The lowest BCUT2D eigenvalue weighted by atomic mass is 10.1. The molecule has 6 nitrogen and oxygen atoms in total. The third kappa shape index (κ3) is 3.41. The first kappa shape index (κ1) is 14.1. The molecule has 0 atom stereocenters. The molecule has 3 heterocycles. The van der Waals surface area contributed by atoms with Crippen molar-refractivity contribution in [1.82, 2.24) is 15.0 Å². The van der Waals surface area contributed by atoms with Crippen molar-refractivity contribution in [2.24, 2.45) is 0 Å². The van der Waals surface area contributed by atoms with Gasteiger partial charge in [0.1, 0.15) is 5.82 Å². The Morgan fingerprint density at radius 2 is 2.14 bits per heavy atom. The highest BCUT2D eigenvalue weighted by Gasteiger charge is 2.21. The summed E-state index contributed by atoms with van der Waals surface area (Å²) in [6.07, 6.45) is 4.01. The monoisotopic (exact) mass is 305 g/mol. The molecule has 2 aromatic heterocycles. The minimum Gasteiger partial charge on any atom is -0.467 e. The van der Waals surface area contributed by atoms with Crippen molar-refractivity contribution in [1.29, 1.82) is 0 Å². The summed E-state index contributed by atoms with van der Waals surface area (Å²) < 4.78 is 5.11. The molecule has 1 aliphatic heterocycles. The van der Waals surface area contributed by atoms with E-state index in [-0.39, 0.29) is 0 Å². The fraction of sp³-hybridized carbons (Fsp3) is 0.500. The molecule has 0 aliphatic carbocycles. The maximum atomic E-state index is 5.11. The maximum absolute atomic E-state index is 5.11. The molecule has 7 heteroatoms. The number of nitrogens with one attached hydrogen (secondary N) is 1. The van der Waals surface area contributed by atoms with Gasteiger partial charge in [0.25, 0.3) is 0 Å². The summed E-state index contributed by atoms with van der Waals surface area (Å²) in [5, 5.41) is 6.63. The lowest BCUT2D eigenvalue weighted by Crippen LogP contribution is -2.39. The summed E-state index contributed by atoms with van der Waals surface area (Å²) in [6, 6.07) is 2.80. The van der Waals surface area contributed by atoms with E-state index in [1.54, 1.807) is 18.4 Å². The molecule has 0 aromatic carbocycles. The van der Waals surface area contributed by atoms with E-state index in [0.717, 1.165) is 42.6 Å². The maximum Gasteiger partial charge on any atom is 0.318 e. The fourth-order valence-corrected chi connectivity index (χ4v) is 3.20. The van der Waals surface area contributed by atoms with Gasteiger partial charge in [0, 0.05) is 42.5 Å². The van der Waals surface area contributed by atoms with Crippen molar-refractivity contribution in [2.75, 3.05) is 30.4 Å². The topological polar surface area (TPSA) is 63.2 Å². The fourth-order valence-electron chi connectivity index (χ4n) is 2.50. The third-order valence-corrected chi connectivity index (χ3v) is 4.39. The van der Waals surface area contributed by atoms with Gasteiger partial charge in [0.2, 0.25) is 0 Å². The third-order valence-electron chi connectivity index (χ3n) is 3.55. The van der Waals surface area contributed by atoms with Crippen LogP contribution in [0, 0.1) is 6.92 Å². The van der Waals surface area contributed by atoms with Gasteiger partial charge in [0.15, 0.2) is 5.13 Å². The second-order valence-electron chi connectivity index (χ2n) is 5.10. The Morgan fingerprint density at radius 3 is 2.81 bits per heavy atom. The molecule has 1 aliphatic rings. The van der Waals surface area contributed by atoms with E-state index >= 15 is 0 Å². The molecule has 0 radical (unpaired) electrons. The first-order chi connectivity index (χ1) is 10.2. The number of nitrogens with zero attached hydrogens (tertiary/aromatic N) is 4. The standard InChI is InChI=1S/C14H19N5OS/c1-10-9-12(18-13(16-10)20-2)17-11-3-6-19(7-4-11)14-15-5-8-21-14/h5,8-9,11H,3-4,6-7H2,1-2H3,(H,16,17,18). The molecular weight excluding hydrogens is 286 g/mol. The van der Waals surface area contributed by atoms with Crippen LogP contribution in [0.25, 0.3) is 0 Å². The minimum absolute atomic E-state index is 0.415. The number of rotatable bonds is 4. The summed E-state index contributed by atoms with van der Waals surface area (Å²) in [7, 11) is 1.59. The van der Waals surface area contributed by atoms with Gasteiger partial charge in [-0.1, -0.05) is 0 Å². The Morgan fingerprint density at radius 1 is 1.33 bits per heavy atom. The van der Waals surface area contributed by atoms with Crippen LogP contribution in [0.3, 0.4) is 0 Å². The highest BCUT2D eigenvalue weighted by atomic mass is 32.1. The largest absolute Gasteiger partial charge is 0.467 e. The average molecular weight is 305 g/mol. The smallest absolute Gasteiger partial charge is 0.318 e. The average Bonchev–Trinajstić information content (AvgIpc) is 3.01. The lowest BCUT2D eigenvalue weighted by molar-refractivity contribution is 0.379. The molecule has 112 valence electrons. The molecular formula is C14H19N5OS. The summed E-state index contributed by atoms with van der Waals surface area (Å²) in [4.78, 5) is 15.3. The van der Waals surface area contributed by atoms with Gasteiger partial charge in [-0.25, -0.2) is 9.97 Å². The van der Waals surface area contributed by atoms with Gasteiger partial charge in [-0.2, -0.15) is 4.98 Å². The zero-order chi connectivity index (χ0) is 14.7. The zero-order valence-corrected chi connectivity index (χ0v) is 13.1. The first-order valence-corrected chi connectivity index (χ1v) is 7.93. The summed E-state index contributed by atoms with van der Waals surface area (Å²) in [6.45, 7) is 3.99. The number of aryl methyl sites for hydroxylation is 1. The Kier molecular flexibility index (Phi) is 4.19. The Balaban J connectivity index is 1.59. The minimum atomic E-state index is 0.415. The van der Waals surface area contributed by atoms with Gasteiger partial charge in [-0.05, 0) is 19.8 Å². The van der Waals surface area contributed by atoms with Crippen LogP contribution < -0.4 is 15.0 Å². The molecule has 0 spiro atoms. The van der Waals surface area contributed by atoms with Crippen molar-refractivity contribution < 1.29 is 4.74 Å². The second kappa shape index (κ2) is 6.26. The quantitative estimate of drug-likeness (QED) is 0.935. The van der Waals surface area contributed by atoms with E-state index in [1.807, 2.05) is 24.6 Å². The normalized spacial score (nSPS) is 16.0. The van der Waals surface area contributed by atoms with Crippen LogP contribution in [-0.4, -0.2) is 41.2 Å². The predicted molar refractivity (Wildman–Crippen MR) is 84.3 cm³/mol. The van der Waals surface area contributed by atoms with Gasteiger partial charge in [-0.3, -0.25) is 0 Å². The highest BCUT2D eigenvalue weighted by Crippen LogP contribution is 2.23. The van der Waals surface area contributed by atoms with Crippen molar-refractivity contribution >= 4 is 22.3 Å². The lowest BCUT2D eigenvalue weighted by Gasteiger charge is -2.32. The van der Waals surface area contributed by atoms with E-state index in [4.69, 9.17) is 4.74 Å². The number of methoxy groups -OCH3 is 1. The molecule has 0 amide bonds. The van der Waals surface area contributed by atoms with Crippen LogP contribution in [0.15, 0.2) is 17.6 Å². The van der Waals surface area contributed by atoms with Crippen LogP contribution in [0.5, 0.6) is 6.01 Å². The molecule has 1 fully saturated rings. The molecule has 3 rings (SSSR count). The number of thiazole rings is 1. The van der Waals surface area contributed by atoms with E-state index in [1.165, 1.54) is 0 Å². The Labute approximate surface area is 128 Å². The summed E-state index contributed by atoms with van der Waals surface area (Å²) in [5.74, 6) is 0.840. The van der Waals surface area contributed by atoms with Gasteiger partial charge < -0.3 is 15.0 Å².